The van der Waals surface area contributed by atoms with E-state index >= 15 is 0 Å². The van der Waals surface area contributed by atoms with Gasteiger partial charge in [0.1, 0.15) is 10.7 Å². The van der Waals surface area contributed by atoms with Gasteiger partial charge in [-0.05, 0) is 6.42 Å². The van der Waals surface area contributed by atoms with E-state index < -0.39 is 0 Å². The van der Waals surface area contributed by atoms with Gasteiger partial charge >= 0.3 is 0 Å². The van der Waals surface area contributed by atoms with E-state index in [1.807, 2.05) is 0 Å². The quantitative estimate of drug-likeness (QED) is 0.531. The van der Waals surface area contributed by atoms with Gasteiger partial charge in [0.05, 0.1) is 0 Å². The van der Waals surface area contributed by atoms with Crippen LogP contribution in [0.25, 0.3) is 0 Å². The smallest absolute Gasteiger partial charge is 0.155 e. The Hall–Kier alpha value is -1.23. The minimum atomic E-state index is 0.286. The van der Waals surface area contributed by atoms with Crippen molar-refractivity contribution in [3.05, 3.63) is 18.1 Å². The number of thiocarbonyl (C=S) groups is 1. The highest BCUT2D eigenvalue weighted by molar-refractivity contribution is 7.80. The van der Waals surface area contributed by atoms with E-state index in [0.29, 0.717) is 11.5 Å². The van der Waals surface area contributed by atoms with E-state index in [1.54, 1.807) is 12.4 Å². The zero-order chi connectivity index (χ0) is 13.2. The van der Waals surface area contributed by atoms with Crippen molar-refractivity contribution >= 4 is 23.0 Å². The molecule has 0 aliphatic rings. The Morgan fingerprint density at radius 2 is 1.83 bits per heavy atom. The van der Waals surface area contributed by atoms with Gasteiger partial charge in [-0.25, -0.2) is 9.97 Å². The molecule has 1 aromatic rings. The molecule has 0 bridgehead atoms. The monoisotopic (exact) mass is 266 g/mol. The average molecular weight is 266 g/mol. The Kier molecular flexibility index (Phi) is 7.25. The number of hydrogen-bond acceptors (Lipinski definition) is 4. The maximum atomic E-state index is 5.59. The molecule has 1 rings (SSSR count). The molecule has 0 fully saturated rings. The lowest BCUT2D eigenvalue weighted by Gasteiger charge is -2.08. The van der Waals surface area contributed by atoms with Crippen molar-refractivity contribution in [2.75, 3.05) is 11.9 Å². The number of hydrogen-bond donors (Lipinski definition) is 2. The van der Waals surface area contributed by atoms with Crippen molar-refractivity contribution in [1.82, 2.24) is 9.97 Å². The molecule has 0 radical (unpaired) electrons. The fourth-order valence-electron chi connectivity index (χ4n) is 1.76. The van der Waals surface area contributed by atoms with Gasteiger partial charge in [0.2, 0.25) is 0 Å². The third kappa shape index (κ3) is 5.40. The molecule has 0 amide bonds. The van der Waals surface area contributed by atoms with Crippen LogP contribution >= 0.6 is 12.2 Å². The number of rotatable bonds is 9. The third-order valence-corrected chi connectivity index (χ3v) is 2.95. The molecule has 0 aliphatic heterocycles. The number of nitrogens with two attached hydrogens (primary N) is 1. The predicted octanol–water partition coefficient (Wildman–Crippen LogP) is 2.88. The topological polar surface area (TPSA) is 63.8 Å². The van der Waals surface area contributed by atoms with Crippen LogP contribution in [0.2, 0.25) is 0 Å². The zero-order valence-electron chi connectivity index (χ0n) is 11.0. The van der Waals surface area contributed by atoms with Crippen LogP contribution in [0.15, 0.2) is 12.4 Å². The Bertz CT molecular complexity index is 368. The summed E-state index contributed by atoms with van der Waals surface area (Å²) in [6, 6.07) is 0. The molecule has 100 valence electrons. The number of anilines is 1. The molecule has 18 heavy (non-hydrogen) atoms. The Labute approximate surface area is 114 Å². The molecule has 0 atom stereocenters. The third-order valence-electron chi connectivity index (χ3n) is 2.75. The maximum Gasteiger partial charge on any atom is 0.155 e. The van der Waals surface area contributed by atoms with Crippen molar-refractivity contribution in [3.8, 4) is 0 Å². The summed E-state index contributed by atoms with van der Waals surface area (Å²) in [6.07, 6.45) is 10.9. The SMILES string of the molecule is CCCCCCCCNc1nccnc1C(N)=S. The Morgan fingerprint density at radius 3 is 2.56 bits per heavy atom. The summed E-state index contributed by atoms with van der Waals surface area (Å²) in [5.41, 5.74) is 6.17. The molecule has 1 aromatic heterocycles. The second kappa shape index (κ2) is 8.80. The molecule has 0 saturated heterocycles. The molecular formula is C13H22N4S. The van der Waals surface area contributed by atoms with Gasteiger partial charge < -0.3 is 11.1 Å². The molecular weight excluding hydrogens is 244 g/mol. The van der Waals surface area contributed by atoms with E-state index in [0.717, 1.165) is 13.0 Å². The molecule has 0 aliphatic carbocycles. The summed E-state index contributed by atoms with van der Waals surface area (Å²) in [5, 5.41) is 3.24. The Balaban J connectivity index is 2.25. The molecule has 1 heterocycles. The largest absolute Gasteiger partial charge is 0.388 e. The van der Waals surface area contributed by atoms with Crippen LogP contribution in [0.4, 0.5) is 5.82 Å². The van der Waals surface area contributed by atoms with Gasteiger partial charge in [-0.1, -0.05) is 51.2 Å². The average Bonchev–Trinajstić information content (AvgIpc) is 2.38. The van der Waals surface area contributed by atoms with Crippen molar-refractivity contribution < 1.29 is 0 Å². The number of aromatic nitrogens is 2. The summed E-state index contributed by atoms with van der Waals surface area (Å²) < 4.78 is 0. The number of unbranched alkanes of at least 4 members (excludes halogenated alkanes) is 5. The summed E-state index contributed by atoms with van der Waals surface area (Å²) in [6.45, 7) is 3.12. The molecule has 5 heteroatoms. The normalized spacial score (nSPS) is 10.3. The second-order valence-electron chi connectivity index (χ2n) is 4.31. The molecule has 0 spiro atoms. The lowest BCUT2D eigenvalue weighted by molar-refractivity contribution is 0.616. The predicted molar refractivity (Wildman–Crippen MR) is 79.8 cm³/mol. The van der Waals surface area contributed by atoms with Crippen LogP contribution in [-0.2, 0) is 0 Å². The molecule has 3 N–H and O–H groups in total. The van der Waals surface area contributed by atoms with E-state index in [1.165, 1.54) is 32.1 Å². The minimum Gasteiger partial charge on any atom is -0.388 e. The van der Waals surface area contributed by atoms with Crippen LogP contribution in [0.1, 0.15) is 51.1 Å². The van der Waals surface area contributed by atoms with Gasteiger partial charge in [0, 0.05) is 18.9 Å². The summed E-state index contributed by atoms with van der Waals surface area (Å²) in [7, 11) is 0. The van der Waals surface area contributed by atoms with Crippen LogP contribution < -0.4 is 11.1 Å². The molecule has 4 nitrogen and oxygen atoms in total. The first-order valence-corrected chi connectivity index (χ1v) is 7.01. The highest BCUT2D eigenvalue weighted by Crippen LogP contribution is 2.09. The summed E-state index contributed by atoms with van der Waals surface area (Å²) in [4.78, 5) is 8.62. The van der Waals surface area contributed by atoms with E-state index in [2.05, 4.69) is 22.2 Å². The van der Waals surface area contributed by atoms with Gasteiger partial charge in [-0.3, -0.25) is 0 Å². The second-order valence-corrected chi connectivity index (χ2v) is 4.75. The van der Waals surface area contributed by atoms with Gasteiger partial charge in [0.25, 0.3) is 0 Å². The van der Waals surface area contributed by atoms with E-state index in [9.17, 15) is 0 Å². The molecule has 0 unspecified atom stereocenters. The number of nitrogens with one attached hydrogen (secondary N) is 1. The van der Waals surface area contributed by atoms with Crippen LogP contribution in [0.3, 0.4) is 0 Å². The first-order chi connectivity index (χ1) is 8.75. The highest BCUT2D eigenvalue weighted by atomic mass is 32.1. The van der Waals surface area contributed by atoms with E-state index in [4.69, 9.17) is 18.0 Å². The van der Waals surface area contributed by atoms with Crippen LogP contribution in [0.5, 0.6) is 0 Å². The van der Waals surface area contributed by atoms with Gasteiger partial charge in [0.15, 0.2) is 5.82 Å². The van der Waals surface area contributed by atoms with Crippen molar-refractivity contribution in [3.63, 3.8) is 0 Å². The zero-order valence-corrected chi connectivity index (χ0v) is 11.8. The molecule has 0 aromatic carbocycles. The standard InChI is InChI=1S/C13H22N4S/c1-2-3-4-5-6-7-8-16-13-11(12(14)18)15-9-10-17-13/h9-10H,2-8H2,1H3,(H2,14,18)(H,16,17). The fourth-order valence-corrected chi connectivity index (χ4v) is 1.91. The van der Waals surface area contributed by atoms with Gasteiger partial charge in [-0.2, -0.15) is 0 Å². The first kappa shape index (κ1) is 14.8. The van der Waals surface area contributed by atoms with Crippen molar-refractivity contribution in [2.45, 2.75) is 45.4 Å². The number of nitrogens with zero attached hydrogens (tertiary/aromatic N) is 2. The first-order valence-electron chi connectivity index (χ1n) is 6.60. The van der Waals surface area contributed by atoms with E-state index in [-0.39, 0.29) is 4.99 Å². The fraction of sp³-hybridized carbons (Fsp3) is 0.615. The summed E-state index contributed by atoms with van der Waals surface area (Å²) >= 11 is 4.93. The molecule has 0 saturated carbocycles. The maximum absolute atomic E-state index is 5.59. The van der Waals surface area contributed by atoms with Crippen molar-refractivity contribution in [2.24, 2.45) is 5.73 Å². The lowest BCUT2D eigenvalue weighted by Crippen LogP contribution is -2.16. The van der Waals surface area contributed by atoms with Crippen LogP contribution in [0, 0.1) is 0 Å². The Morgan fingerprint density at radius 1 is 1.17 bits per heavy atom. The minimum absolute atomic E-state index is 0.286. The highest BCUT2D eigenvalue weighted by Gasteiger charge is 2.06. The van der Waals surface area contributed by atoms with Crippen LogP contribution in [-0.4, -0.2) is 21.5 Å². The van der Waals surface area contributed by atoms with Gasteiger partial charge in [-0.15, -0.1) is 0 Å². The lowest BCUT2D eigenvalue weighted by atomic mass is 10.1. The van der Waals surface area contributed by atoms with Crippen molar-refractivity contribution in [1.29, 1.82) is 0 Å². The summed E-state index contributed by atoms with van der Waals surface area (Å²) in [5.74, 6) is 0.693.